The number of aromatic nitrogens is 2. The number of urea groups is 1. The molecule has 0 aliphatic rings. The topological polar surface area (TPSA) is 62.2 Å². The molecule has 2 amide bonds. The van der Waals surface area contributed by atoms with E-state index < -0.39 is 0 Å². The van der Waals surface area contributed by atoms with Gasteiger partial charge in [0.2, 0.25) is 0 Å². The minimum Gasteiger partial charge on any atom is -0.337 e. The minimum atomic E-state index is -0.0564. The molecule has 0 radical (unpaired) electrons. The molecule has 0 unspecified atom stereocenters. The van der Waals surface area contributed by atoms with E-state index in [0.717, 1.165) is 19.5 Å². The second-order valence-electron chi connectivity index (χ2n) is 4.15. The highest BCUT2D eigenvalue weighted by Gasteiger charge is 2.00. The number of rotatable bonds is 6. The maximum absolute atomic E-state index is 11.2. The standard InChI is InChI=1S/C11H21N5O/c1-15(2)11(17)13-7-6-12-5-4-10-8-14-16(3)9-10/h8-9,12H,4-7H2,1-3H3,(H,13,17). The van der Waals surface area contributed by atoms with E-state index in [1.165, 1.54) is 10.5 Å². The summed E-state index contributed by atoms with van der Waals surface area (Å²) < 4.78 is 1.80. The molecule has 0 aliphatic carbocycles. The van der Waals surface area contributed by atoms with Gasteiger partial charge in [0.15, 0.2) is 0 Å². The average Bonchev–Trinajstić information content (AvgIpc) is 2.68. The maximum atomic E-state index is 11.2. The largest absolute Gasteiger partial charge is 0.337 e. The van der Waals surface area contributed by atoms with Crippen LogP contribution in [0.3, 0.4) is 0 Å². The molecule has 1 aromatic heterocycles. The van der Waals surface area contributed by atoms with Crippen LogP contribution >= 0.6 is 0 Å². The third kappa shape index (κ3) is 5.35. The molecular weight excluding hydrogens is 218 g/mol. The predicted molar refractivity (Wildman–Crippen MR) is 66.9 cm³/mol. The van der Waals surface area contributed by atoms with Crippen molar-refractivity contribution in [2.75, 3.05) is 33.7 Å². The molecule has 17 heavy (non-hydrogen) atoms. The van der Waals surface area contributed by atoms with Crippen LogP contribution < -0.4 is 10.6 Å². The fourth-order valence-corrected chi connectivity index (χ4v) is 1.37. The molecule has 0 saturated heterocycles. The van der Waals surface area contributed by atoms with Gasteiger partial charge in [-0.1, -0.05) is 0 Å². The van der Waals surface area contributed by atoms with Crippen LogP contribution in [-0.2, 0) is 13.5 Å². The summed E-state index contributed by atoms with van der Waals surface area (Å²) in [5.74, 6) is 0. The molecule has 1 aromatic rings. The highest BCUT2D eigenvalue weighted by atomic mass is 16.2. The van der Waals surface area contributed by atoms with E-state index in [1.807, 2.05) is 19.4 Å². The number of hydrogen-bond acceptors (Lipinski definition) is 3. The fourth-order valence-electron chi connectivity index (χ4n) is 1.37. The monoisotopic (exact) mass is 239 g/mol. The first kappa shape index (κ1) is 13.5. The molecule has 0 aromatic carbocycles. The Morgan fingerprint density at radius 1 is 1.41 bits per heavy atom. The van der Waals surface area contributed by atoms with Gasteiger partial charge in [0.1, 0.15) is 0 Å². The molecule has 1 rings (SSSR count). The first-order chi connectivity index (χ1) is 8.09. The number of carbonyl (C=O) groups is 1. The summed E-state index contributed by atoms with van der Waals surface area (Å²) in [4.78, 5) is 12.7. The van der Waals surface area contributed by atoms with Crippen molar-refractivity contribution >= 4 is 6.03 Å². The lowest BCUT2D eigenvalue weighted by atomic mass is 10.2. The Balaban J connectivity index is 2.00. The van der Waals surface area contributed by atoms with Gasteiger partial charge < -0.3 is 15.5 Å². The number of amides is 2. The molecule has 0 bridgehead atoms. The van der Waals surface area contributed by atoms with E-state index in [4.69, 9.17) is 0 Å². The van der Waals surface area contributed by atoms with Crippen LogP contribution in [0.5, 0.6) is 0 Å². The fraction of sp³-hybridized carbons (Fsp3) is 0.636. The van der Waals surface area contributed by atoms with Gasteiger partial charge in [-0.05, 0) is 18.5 Å². The molecule has 0 aliphatic heterocycles. The summed E-state index contributed by atoms with van der Waals surface area (Å²) in [6.07, 6.45) is 4.83. The van der Waals surface area contributed by atoms with Crippen LogP contribution in [0.1, 0.15) is 5.56 Å². The second-order valence-corrected chi connectivity index (χ2v) is 4.15. The third-order valence-electron chi connectivity index (χ3n) is 2.33. The minimum absolute atomic E-state index is 0.0564. The molecule has 0 saturated carbocycles. The van der Waals surface area contributed by atoms with Crippen LogP contribution in [-0.4, -0.2) is 54.4 Å². The van der Waals surface area contributed by atoms with Crippen molar-refractivity contribution in [3.05, 3.63) is 18.0 Å². The summed E-state index contributed by atoms with van der Waals surface area (Å²) in [6.45, 7) is 2.31. The third-order valence-corrected chi connectivity index (χ3v) is 2.33. The van der Waals surface area contributed by atoms with Crippen molar-refractivity contribution in [1.29, 1.82) is 0 Å². The van der Waals surface area contributed by atoms with Gasteiger partial charge in [-0.15, -0.1) is 0 Å². The van der Waals surface area contributed by atoms with Crippen molar-refractivity contribution in [2.24, 2.45) is 7.05 Å². The van der Waals surface area contributed by atoms with Crippen molar-refractivity contribution in [1.82, 2.24) is 25.3 Å². The van der Waals surface area contributed by atoms with Gasteiger partial charge in [-0.2, -0.15) is 5.10 Å². The lowest BCUT2D eigenvalue weighted by Gasteiger charge is -2.11. The number of aryl methyl sites for hydroxylation is 1. The second kappa shape index (κ2) is 6.90. The normalized spacial score (nSPS) is 10.3. The summed E-state index contributed by atoms with van der Waals surface area (Å²) in [5, 5.41) is 10.2. The summed E-state index contributed by atoms with van der Waals surface area (Å²) in [5.41, 5.74) is 1.22. The van der Waals surface area contributed by atoms with E-state index in [2.05, 4.69) is 15.7 Å². The Kier molecular flexibility index (Phi) is 5.48. The SMILES string of the molecule is CN(C)C(=O)NCCNCCc1cnn(C)c1. The van der Waals surface area contributed by atoms with Crippen LogP contribution in [0.2, 0.25) is 0 Å². The Labute approximate surface area is 102 Å². The Bertz CT molecular complexity index is 347. The average molecular weight is 239 g/mol. The highest BCUT2D eigenvalue weighted by Crippen LogP contribution is 1.95. The summed E-state index contributed by atoms with van der Waals surface area (Å²) in [6, 6.07) is -0.0564. The summed E-state index contributed by atoms with van der Waals surface area (Å²) in [7, 11) is 5.37. The van der Waals surface area contributed by atoms with Crippen molar-refractivity contribution in [2.45, 2.75) is 6.42 Å². The lowest BCUT2D eigenvalue weighted by molar-refractivity contribution is 0.217. The van der Waals surface area contributed by atoms with Crippen molar-refractivity contribution < 1.29 is 4.79 Å². The van der Waals surface area contributed by atoms with Gasteiger partial charge in [0.05, 0.1) is 6.20 Å². The Morgan fingerprint density at radius 2 is 2.18 bits per heavy atom. The van der Waals surface area contributed by atoms with Gasteiger partial charge in [0.25, 0.3) is 0 Å². The predicted octanol–water partition coefficient (Wildman–Crippen LogP) is -0.177. The van der Waals surface area contributed by atoms with Crippen LogP contribution in [0.15, 0.2) is 12.4 Å². The maximum Gasteiger partial charge on any atom is 0.316 e. The molecule has 0 spiro atoms. The van der Waals surface area contributed by atoms with Crippen molar-refractivity contribution in [3.8, 4) is 0 Å². The first-order valence-corrected chi connectivity index (χ1v) is 5.73. The zero-order valence-electron chi connectivity index (χ0n) is 10.7. The Hall–Kier alpha value is -1.56. The van der Waals surface area contributed by atoms with E-state index in [-0.39, 0.29) is 6.03 Å². The zero-order chi connectivity index (χ0) is 12.7. The lowest BCUT2D eigenvalue weighted by Crippen LogP contribution is -2.38. The van der Waals surface area contributed by atoms with Crippen LogP contribution in [0.4, 0.5) is 4.79 Å². The zero-order valence-corrected chi connectivity index (χ0v) is 10.7. The van der Waals surface area contributed by atoms with Gasteiger partial charge in [0, 0.05) is 40.4 Å². The molecule has 0 fully saturated rings. The molecule has 2 N–H and O–H groups in total. The van der Waals surface area contributed by atoms with E-state index in [9.17, 15) is 4.79 Å². The molecule has 96 valence electrons. The quantitative estimate of drug-likeness (QED) is 0.677. The molecule has 6 heteroatoms. The summed E-state index contributed by atoms with van der Waals surface area (Å²) >= 11 is 0. The van der Waals surface area contributed by atoms with Gasteiger partial charge in [-0.3, -0.25) is 4.68 Å². The number of nitrogens with one attached hydrogen (secondary N) is 2. The van der Waals surface area contributed by atoms with E-state index in [1.54, 1.807) is 18.8 Å². The number of nitrogens with zero attached hydrogens (tertiary/aromatic N) is 3. The smallest absolute Gasteiger partial charge is 0.316 e. The first-order valence-electron chi connectivity index (χ1n) is 5.73. The molecular formula is C11H21N5O. The van der Waals surface area contributed by atoms with Crippen LogP contribution in [0, 0.1) is 0 Å². The highest BCUT2D eigenvalue weighted by molar-refractivity contribution is 5.73. The van der Waals surface area contributed by atoms with E-state index in [0.29, 0.717) is 6.54 Å². The molecule has 6 nitrogen and oxygen atoms in total. The van der Waals surface area contributed by atoms with E-state index >= 15 is 0 Å². The van der Waals surface area contributed by atoms with Crippen LogP contribution in [0.25, 0.3) is 0 Å². The number of carbonyl (C=O) groups excluding carboxylic acids is 1. The van der Waals surface area contributed by atoms with Gasteiger partial charge in [-0.25, -0.2) is 4.79 Å². The van der Waals surface area contributed by atoms with Crippen molar-refractivity contribution in [3.63, 3.8) is 0 Å². The Morgan fingerprint density at radius 3 is 2.76 bits per heavy atom. The molecule has 0 atom stereocenters. The number of hydrogen-bond donors (Lipinski definition) is 2. The van der Waals surface area contributed by atoms with Gasteiger partial charge >= 0.3 is 6.03 Å². The molecule has 1 heterocycles.